The van der Waals surface area contributed by atoms with Crippen LogP contribution in [0.3, 0.4) is 0 Å². The number of amides is 1. The summed E-state index contributed by atoms with van der Waals surface area (Å²) in [6.45, 7) is 3.76. The van der Waals surface area contributed by atoms with Crippen molar-refractivity contribution in [2.24, 2.45) is 0 Å². The molecule has 98 valence electrons. The Balaban J connectivity index is 2.21. The molecule has 1 aliphatic rings. The summed E-state index contributed by atoms with van der Waals surface area (Å²) in [6, 6.07) is -0.538. The molecule has 18 heavy (non-hydrogen) atoms. The fourth-order valence-corrected chi connectivity index (χ4v) is 2.29. The van der Waals surface area contributed by atoms with Crippen LogP contribution < -0.4 is 0 Å². The second-order valence-electron chi connectivity index (χ2n) is 4.72. The van der Waals surface area contributed by atoms with Gasteiger partial charge in [-0.3, -0.25) is 4.79 Å². The van der Waals surface area contributed by atoms with E-state index in [1.807, 2.05) is 0 Å². The minimum Gasteiger partial charge on any atom is -0.480 e. The lowest BCUT2D eigenvalue weighted by atomic mass is 9.99. The summed E-state index contributed by atoms with van der Waals surface area (Å²) in [5.41, 5.74) is -1.11. The summed E-state index contributed by atoms with van der Waals surface area (Å²) in [4.78, 5) is 28.9. The first-order valence-electron chi connectivity index (χ1n) is 5.86. The Morgan fingerprint density at radius 3 is 2.78 bits per heavy atom. The number of nitrogens with zero attached hydrogens (tertiary/aromatic N) is 4. The van der Waals surface area contributed by atoms with Gasteiger partial charge in [-0.05, 0) is 26.7 Å². The van der Waals surface area contributed by atoms with Gasteiger partial charge in [0.25, 0.3) is 0 Å². The maximum Gasteiger partial charge on any atom is 0.329 e. The Morgan fingerprint density at radius 1 is 1.50 bits per heavy atom. The molecule has 7 nitrogen and oxygen atoms in total. The monoisotopic (exact) mass is 252 g/mol. The average Bonchev–Trinajstić information content (AvgIpc) is 2.96. The highest BCUT2D eigenvalue weighted by Gasteiger charge is 2.47. The van der Waals surface area contributed by atoms with Crippen LogP contribution in [0.2, 0.25) is 0 Å². The molecule has 7 heteroatoms. The van der Waals surface area contributed by atoms with Gasteiger partial charge >= 0.3 is 5.97 Å². The van der Waals surface area contributed by atoms with Gasteiger partial charge in [-0.25, -0.2) is 14.5 Å². The van der Waals surface area contributed by atoms with Crippen LogP contribution in [-0.4, -0.2) is 48.7 Å². The molecule has 1 amide bonds. The van der Waals surface area contributed by atoms with Crippen molar-refractivity contribution in [2.75, 3.05) is 6.54 Å². The maximum atomic E-state index is 12.3. The summed E-state index contributed by atoms with van der Waals surface area (Å²) in [6.07, 6.45) is 4.00. The van der Waals surface area contributed by atoms with Gasteiger partial charge in [0.2, 0.25) is 5.91 Å². The van der Waals surface area contributed by atoms with Crippen molar-refractivity contribution in [1.82, 2.24) is 19.7 Å². The van der Waals surface area contributed by atoms with Crippen LogP contribution in [0.5, 0.6) is 0 Å². The fraction of sp³-hybridized carbons (Fsp3) is 0.636. The third-order valence-corrected chi connectivity index (χ3v) is 3.56. The number of aromatic nitrogens is 3. The van der Waals surface area contributed by atoms with Gasteiger partial charge < -0.3 is 10.0 Å². The maximum absolute atomic E-state index is 12.3. The Kier molecular flexibility index (Phi) is 3.06. The third-order valence-electron chi connectivity index (χ3n) is 3.56. The van der Waals surface area contributed by atoms with Gasteiger partial charge in [0.15, 0.2) is 0 Å². The van der Waals surface area contributed by atoms with E-state index >= 15 is 0 Å². The molecule has 2 rings (SSSR count). The van der Waals surface area contributed by atoms with Gasteiger partial charge in [0.05, 0.1) is 0 Å². The Morgan fingerprint density at radius 2 is 2.22 bits per heavy atom. The van der Waals surface area contributed by atoms with E-state index in [4.69, 9.17) is 0 Å². The first kappa shape index (κ1) is 12.5. The summed E-state index contributed by atoms with van der Waals surface area (Å²) in [7, 11) is 0. The summed E-state index contributed by atoms with van der Waals surface area (Å²) in [5, 5.41) is 13.2. The Bertz CT molecular complexity index is 459. The summed E-state index contributed by atoms with van der Waals surface area (Å²) in [5.74, 6) is -1.19. The predicted molar refractivity (Wildman–Crippen MR) is 61.7 cm³/mol. The van der Waals surface area contributed by atoms with Crippen molar-refractivity contribution < 1.29 is 14.7 Å². The molecule has 1 saturated heterocycles. The number of carbonyl (C=O) groups excluding carboxylic acids is 1. The molecule has 1 fully saturated rings. The molecule has 0 aliphatic carbocycles. The van der Waals surface area contributed by atoms with E-state index in [-0.39, 0.29) is 5.91 Å². The zero-order valence-corrected chi connectivity index (χ0v) is 10.4. The fourth-order valence-electron chi connectivity index (χ4n) is 2.29. The second kappa shape index (κ2) is 4.40. The molecule has 0 bridgehead atoms. The van der Waals surface area contributed by atoms with Gasteiger partial charge in [0, 0.05) is 6.54 Å². The molecule has 0 saturated carbocycles. The molecule has 2 atom stereocenters. The molecule has 1 N–H and O–H groups in total. The number of rotatable bonds is 3. The average molecular weight is 252 g/mol. The highest BCUT2D eigenvalue weighted by atomic mass is 16.4. The molecule has 1 aliphatic heterocycles. The Hall–Kier alpha value is -1.92. The number of likely N-dealkylation sites (tertiary alicyclic amines) is 1. The van der Waals surface area contributed by atoms with E-state index in [1.165, 1.54) is 22.2 Å². The molecule has 1 aromatic heterocycles. The lowest BCUT2D eigenvalue weighted by molar-refractivity contribution is -0.156. The number of aliphatic carboxylic acids is 1. The van der Waals surface area contributed by atoms with Crippen molar-refractivity contribution in [1.29, 1.82) is 0 Å². The van der Waals surface area contributed by atoms with Crippen molar-refractivity contribution in [3.63, 3.8) is 0 Å². The molecule has 0 radical (unpaired) electrons. The third kappa shape index (κ3) is 1.85. The number of carbonyl (C=O) groups is 2. The SMILES string of the molecule is CC(C(=O)N1CCCC1(C)C(=O)O)n1cncn1. The van der Waals surface area contributed by atoms with Crippen molar-refractivity contribution in [3.8, 4) is 0 Å². The second-order valence-corrected chi connectivity index (χ2v) is 4.72. The first-order valence-corrected chi connectivity index (χ1v) is 5.86. The molecular formula is C11H16N4O3. The summed E-state index contributed by atoms with van der Waals surface area (Å²) < 4.78 is 1.43. The summed E-state index contributed by atoms with van der Waals surface area (Å²) >= 11 is 0. The van der Waals surface area contributed by atoms with Crippen LogP contribution in [0.4, 0.5) is 0 Å². The predicted octanol–water partition coefficient (Wildman–Crippen LogP) is 0.305. The molecule has 0 spiro atoms. The van der Waals surface area contributed by atoms with Crippen LogP contribution in [0.15, 0.2) is 12.7 Å². The van der Waals surface area contributed by atoms with E-state index in [0.29, 0.717) is 19.4 Å². The van der Waals surface area contributed by atoms with Gasteiger partial charge in [0.1, 0.15) is 24.2 Å². The van der Waals surface area contributed by atoms with Crippen LogP contribution in [0.1, 0.15) is 32.7 Å². The van der Waals surface area contributed by atoms with Gasteiger partial charge in [-0.2, -0.15) is 5.10 Å². The molecule has 1 aromatic rings. The Labute approximate surface area is 104 Å². The van der Waals surface area contributed by atoms with Gasteiger partial charge in [-0.1, -0.05) is 0 Å². The zero-order valence-electron chi connectivity index (χ0n) is 10.4. The molecule has 2 heterocycles. The van der Waals surface area contributed by atoms with Crippen molar-refractivity contribution in [3.05, 3.63) is 12.7 Å². The number of carboxylic acids is 1. The minimum absolute atomic E-state index is 0.233. The van der Waals surface area contributed by atoms with Crippen LogP contribution in [-0.2, 0) is 9.59 Å². The van der Waals surface area contributed by atoms with Crippen LogP contribution in [0.25, 0.3) is 0 Å². The number of hydrogen-bond acceptors (Lipinski definition) is 4. The first-order chi connectivity index (χ1) is 8.47. The lowest BCUT2D eigenvalue weighted by Gasteiger charge is -2.33. The largest absolute Gasteiger partial charge is 0.480 e. The van der Waals surface area contributed by atoms with E-state index in [1.54, 1.807) is 13.8 Å². The smallest absolute Gasteiger partial charge is 0.329 e. The quantitative estimate of drug-likeness (QED) is 0.836. The number of hydrogen-bond donors (Lipinski definition) is 1. The lowest BCUT2D eigenvalue weighted by Crippen LogP contribution is -2.52. The highest BCUT2D eigenvalue weighted by molar-refractivity contribution is 5.89. The van der Waals surface area contributed by atoms with Crippen LogP contribution in [0, 0.1) is 0 Å². The topological polar surface area (TPSA) is 88.3 Å². The highest BCUT2D eigenvalue weighted by Crippen LogP contribution is 2.31. The van der Waals surface area contributed by atoms with E-state index in [2.05, 4.69) is 10.1 Å². The van der Waals surface area contributed by atoms with E-state index in [0.717, 1.165) is 0 Å². The van der Waals surface area contributed by atoms with E-state index in [9.17, 15) is 14.7 Å². The number of carboxylic acid groups (broad SMARTS) is 1. The van der Waals surface area contributed by atoms with E-state index < -0.39 is 17.6 Å². The zero-order chi connectivity index (χ0) is 13.3. The van der Waals surface area contributed by atoms with Crippen molar-refractivity contribution >= 4 is 11.9 Å². The van der Waals surface area contributed by atoms with Crippen molar-refractivity contribution in [2.45, 2.75) is 38.3 Å². The molecular weight excluding hydrogens is 236 g/mol. The molecule has 2 unspecified atom stereocenters. The minimum atomic E-state index is -1.11. The molecule has 0 aromatic carbocycles. The standard InChI is InChI=1S/C11H16N4O3/c1-8(15-7-12-6-13-15)9(16)14-5-3-4-11(14,2)10(17)18/h6-8H,3-5H2,1-2H3,(H,17,18). The van der Waals surface area contributed by atoms with Gasteiger partial charge in [-0.15, -0.1) is 0 Å². The van der Waals surface area contributed by atoms with Crippen LogP contribution >= 0.6 is 0 Å². The normalized spacial score (nSPS) is 25.1.